The summed E-state index contributed by atoms with van der Waals surface area (Å²) in [6.45, 7) is 7.02. The molecule has 1 heterocycles. The second-order valence-electron chi connectivity index (χ2n) is 6.50. The largest absolute Gasteiger partial charge is 0.372 e. The molecule has 0 aliphatic carbocycles. The Morgan fingerprint density at radius 2 is 1.74 bits per heavy atom. The third-order valence-electron chi connectivity index (χ3n) is 3.99. The van der Waals surface area contributed by atoms with Crippen LogP contribution in [-0.4, -0.2) is 31.4 Å². The van der Waals surface area contributed by atoms with Crippen LogP contribution in [0.1, 0.15) is 39.5 Å². The van der Waals surface area contributed by atoms with E-state index in [-0.39, 0.29) is 18.2 Å². The van der Waals surface area contributed by atoms with Gasteiger partial charge in [-0.25, -0.2) is 0 Å². The number of nitrogens with zero attached hydrogens (tertiary/aromatic N) is 1. The summed E-state index contributed by atoms with van der Waals surface area (Å²) in [6.07, 6.45) is 3.27. The molecule has 0 atom stereocenters. The minimum Gasteiger partial charge on any atom is -0.372 e. The van der Waals surface area contributed by atoms with E-state index in [9.17, 15) is 9.59 Å². The molecule has 1 aromatic carbocycles. The number of hydrogen-bond donors (Lipinski definition) is 2. The monoisotopic (exact) mass is 317 g/mol. The van der Waals surface area contributed by atoms with Crippen molar-refractivity contribution >= 4 is 23.2 Å². The first-order valence-electron chi connectivity index (χ1n) is 8.46. The normalized spacial score (nSPS) is 14.1. The summed E-state index contributed by atoms with van der Waals surface area (Å²) in [7, 11) is 0. The van der Waals surface area contributed by atoms with Crippen molar-refractivity contribution in [3.8, 4) is 0 Å². The van der Waals surface area contributed by atoms with E-state index in [0.717, 1.165) is 25.2 Å². The topological polar surface area (TPSA) is 61.4 Å². The van der Waals surface area contributed by atoms with Crippen LogP contribution in [0.15, 0.2) is 24.3 Å². The lowest BCUT2D eigenvalue weighted by Gasteiger charge is -2.17. The lowest BCUT2D eigenvalue weighted by atomic mass is 10.1. The average molecular weight is 317 g/mol. The number of anilines is 2. The van der Waals surface area contributed by atoms with Crippen molar-refractivity contribution in [1.82, 2.24) is 5.32 Å². The van der Waals surface area contributed by atoms with Gasteiger partial charge >= 0.3 is 0 Å². The van der Waals surface area contributed by atoms with Crippen molar-refractivity contribution in [1.29, 1.82) is 0 Å². The molecule has 2 N–H and O–H groups in total. The van der Waals surface area contributed by atoms with Gasteiger partial charge in [0.15, 0.2) is 0 Å². The maximum Gasteiger partial charge on any atom is 0.233 e. The van der Waals surface area contributed by atoms with Crippen molar-refractivity contribution in [3.05, 3.63) is 24.3 Å². The third-order valence-corrected chi connectivity index (χ3v) is 3.99. The van der Waals surface area contributed by atoms with E-state index in [0.29, 0.717) is 12.5 Å². The van der Waals surface area contributed by atoms with Crippen molar-refractivity contribution in [2.24, 2.45) is 5.92 Å². The number of rotatable bonds is 7. The molecular weight excluding hydrogens is 290 g/mol. The summed E-state index contributed by atoms with van der Waals surface area (Å²) in [5.41, 5.74) is 1.92. The molecule has 1 aliphatic heterocycles. The molecule has 2 amide bonds. The molecular formula is C18H27N3O2. The summed E-state index contributed by atoms with van der Waals surface area (Å²) in [4.78, 5) is 25.9. The number of benzene rings is 1. The molecule has 0 spiro atoms. The summed E-state index contributed by atoms with van der Waals surface area (Å²) >= 11 is 0. The highest BCUT2D eigenvalue weighted by molar-refractivity contribution is 6.03. The Kier molecular flexibility index (Phi) is 6.44. The molecule has 5 heteroatoms. The molecule has 1 saturated heterocycles. The Hall–Kier alpha value is -2.04. The van der Waals surface area contributed by atoms with E-state index in [1.54, 1.807) is 0 Å². The van der Waals surface area contributed by atoms with Crippen LogP contribution in [0.25, 0.3) is 0 Å². The molecule has 0 saturated carbocycles. The van der Waals surface area contributed by atoms with E-state index in [1.165, 1.54) is 18.5 Å². The van der Waals surface area contributed by atoms with Crippen LogP contribution >= 0.6 is 0 Å². The van der Waals surface area contributed by atoms with Gasteiger partial charge in [-0.3, -0.25) is 9.59 Å². The molecule has 5 nitrogen and oxygen atoms in total. The Morgan fingerprint density at radius 3 is 2.35 bits per heavy atom. The van der Waals surface area contributed by atoms with Crippen molar-refractivity contribution in [3.63, 3.8) is 0 Å². The Labute approximate surface area is 138 Å². The van der Waals surface area contributed by atoms with Crippen LogP contribution in [0.2, 0.25) is 0 Å². The minimum absolute atomic E-state index is 0.133. The molecule has 1 aromatic rings. The van der Waals surface area contributed by atoms with Crippen molar-refractivity contribution < 1.29 is 9.59 Å². The second-order valence-corrected chi connectivity index (χ2v) is 6.50. The van der Waals surface area contributed by atoms with Gasteiger partial charge in [0, 0.05) is 31.0 Å². The molecule has 1 aliphatic rings. The summed E-state index contributed by atoms with van der Waals surface area (Å²) in [6, 6.07) is 7.82. The highest BCUT2D eigenvalue weighted by Crippen LogP contribution is 2.22. The van der Waals surface area contributed by atoms with Gasteiger partial charge in [0.2, 0.25) is 11.8 Å². The summed E-state index contributed by atoms with van der Waals surface area (Å²) in [5.74, 6) is 0.0380. The minimum atomic E-state index is -0.277. The molecule has 0 radical (unpaired) electrons. The fourth-order valence-corrected chi connectivity index (χ4v) is 2.64. The zero-order chi connectivity index (χ0) is 16.7. The van der Waals surface area contributed by atoms with Crippen LogP contribution in [0, 0.1) is 5.92 Å². The van der Waals surface area contributed by atoms with Gasteiger partial charge in [0.1, 0.15) is 6.42 Å². The van der Waals surface area contributed by atoms with E-state index >= 15 is 0 Å². The molecule has 0 aromatic heterocycles. The van der Waals surface area contributed by atoms with Crippen LogP contribution < -0.4 is 15.5 Å². The van der Waals surface area contributed by atoms with Gasteiger partial charge in [-0.05, 0) is 49.4 Å². The molecule has 1 fully saturated rings. The lowest BCUT2D eigenvalue weighted by molar-refractivity contribution is -0.126. The first-order chi connectivity index (χ1) is 11.0. The molecule has 2 rings (SSSR count). The fraction of sp³-hybridized carbons (Fsp3) is 0.556. The van der Waals surface area contributed by atoms with Crippen molar-refractivity contribution in [2.45, 2.75) is 39.5 Å². The summed E-state index contributed by atoms with van der Waals surface area (Å²) < 4.78 is 0. The summed E-state index contributed by atoms with van der Waals surface area (Å²) in [5, 5.41) is 5.54. The second kappa shape index (κ2) is 8.56. The highest BCUT2D eigenvalue weighted by Gasteiger charge is 2.13. The maximum atomic E-state index is 11.9. The van der Waals surface area contributed by atoms with Gasteiger partial charge < -0.3 is 15.5 Å². The first kappa shape index (κ1) is 17.3. The fourth-order valence-electron chi connectivity index (χ4n) is 2.64. The van der Waals surface area contributed by atoms with E-state index in [2.05, 4.69) is 29.4 Å². The SMILES string of the molecule is CC(C)CCNC(=O)CC(=O)Nc1ccc(N2CCCC2)cc1. The number of carbonyl (C=O) groups is 2. The van der Waals surface area contributed by atoms with E-state index in [4.69, 9.17) is 0 Å². The van der Waals surface area contributed by atoms with Crippen molar-refractivity contribution in [2.75, 3.05) is 29.9 Å². The Morgan fingerprint density at radius 1 is 1.09 bits per heavy atom. The Bertz CT molecular complexity index is 520. The zero-order valence-corrected chi connectivity index (χ0v) is 14.1. The van der Waals surface area contributed by atoms with Crippen LogP contribution in [0.5, 0.6) is 0 Å². The first-order valence-corrected chi connectivity index (χ1v) is 8.46. The highest BCUT2D eigenvalue weighted by atomic mass is 16.2. The van der Waals surface area contributed by atoms with E-state index < -0.39 is 0 Å². The number of hydrogen-bond acceptors (Lipinski definition) is 3. The van der Waals surface area contributed by atoms with Gasteiger partial charge in [-0.2, -0.15) is 0 Å². The predicted octanol–water partition coefficient (Wildman–Crippen LogP) is 2.78. The lowest BCUT2D eigenvalue weighted by Crippen LogP contribution is -2.29. The Balaban J connectivity index is 1.75. The molecule has 126 valence electrons. The number of amides is 2. The zero-order valence-electron chi connectivity index (χ0n) is 14.1. The van der Waals surface area contributed by atoms with Crippen LogP contribution in [0.3, 0.4) is 0 Å². The third kappa shape index (κ3) is 5.93. The number of carbonyl (C=O) groups excluding carboxylic acids is 2. The smallest absolute Gasteiger partial charge is 0.233 e. The predicted molar refractivity (Wildman–Crippen MR) is 93.6 cm³/mol. The molecule has 0 unspecified atom stereocenters. The average Bonchev–Trinajstić information content (AvgIpc) is 3.01. The van der Waals surface area contributed by atoms with Crippen LogP contribution in [0.4, 0.5) is 11.4 Å². The van der Waals surface area contributed by atoms with E-state index in [1.807, 2.05) is 24.3 Å². The molecule has 0 bridgehead atoms. The molecule has 23 heavy (non-hydrogen) atoms. The van der Waals surface area contributed by atoms with Gasteiger partial charge in [0.05, 0.1) is 0 Å². The standard InChI is InChI=1S/C18H27N3O2/c1-14(2)9-10-19-17(22)13-18(23)20-15-5-7-16(8-6-15)21-11-3-4-12-21/h5-8,14H,3-4,9-13H2,1-2H3,(H,19,22)(H,20,23). The van der Waals surface area contributed by atoms with Gasteiger partial charge in [-0.15, -0.1) is 0 Å². The number of nitrogens with one attached hydrogen (secondary N) is 2. The van der Waals surface area contributed by atoms with Gasteiger partial charge in [0.25, 0.3) is 0 Å². The van der Waals surface area contributed by atoms with Crippen LogP contribution in [-0.2, 0) is 9.59 Å². The maximum absolute atomic E-state index is 11.9. The van der Waals surface area contributed by atoms with Gasteiger partial charge in [-0.1, -0.05) is 13.8 Å². The quantitative estimate of drug-likeness (QED) is 0.760.